The van der Waals surface area contributed by atoms with Gasteiger partial charge in [0.05, 0.1) is 6.04 Å². The van der Waals surface area contributed by atoms with E-state index >= 15 is 0 Å². The van der Waals surface area contributed by atoms with E-state index in [1.54, 1.807) is 0 Å². The van der Waals surface area contributed by atoms with Crippen LogP contribution in [0.15, 0.2) is 24.3 Å². The summed E-state index contributed by atoms with van der Waals surface area (Å²) in [6, 6.07) is 8.96. The molecule has 5 aliphatic rings. The maximum atomic E-state index is 13.2. The molecule has 0 heterocycles. The Morgan fingerprint density at radius 3 is 2.64 bits per heavy atom. The van der Waals surface area contributed by atoms with E-state index in [0.717, 1.165) is 31.1 Å². The number of hydrogen-bond donors (Lipinski definition) is 0. The van der Waals surface area contributed by atoms with Crippen LogP contribution in [-0.4, -0.2) is 22.2 Å². The highest BCUT2D eigenvalue weighted by atomic mass is 79.9. The molecule has 0 radical (unpaired) electrons. The van der Waals surface area contributed by atoms with Crippen LogP contribution in [0.2, 0.25) is 0 Å². The Balaban J connectivity index is 1.34. The van der Waals surface area contributed by atoms with Gasteiger partial charge in [-0.3, -0.25) is 4.79 Å². The van der Waals surface area contributed by atoms with Crippen molar-refractivity contribution < 1.29 is 4.79 Å². The lowest BCUT2D eigenvalue weighted by Crippen LogP contribution is -2.54. The largest absolute Gasteiger partial charge is 0.339 e. The Bertz CT molecular complexity index is 700. The summed E-state index contributed by atoms with van der Waals surface area (Å²) < 4.78 is 0.343. The number of aryl methyl sites for hydroxylation is 1. The highest BCUT2D eigenvalue weighted by Crippen LogP contribution is 2.65. The van der Waals surface area contributed by atoms with Gasteiger partial charge in [0.15, 0.2) is 0 Å². The molecule has 1 aromatic rings. The molecule has 4 bridgehead atoms. The Kier molecular flexibility index (Phi) is 3.65. The van der Waals surface area contributed by atoms with Crippen LogP contribution in [0.1, 0.15) is 68.5 Å². The minimum atomic E-state index is 0.275. The first-order valence-corrected chi connectivity index (χ1v) is 10.8. The van der Waals surface area contributed by atoms with Crippen LogP contribution < -0.4 is 0 Å². The normalized spacial score (nSPS) is 41.0. The summed E-state index contributed by atoms with van der Waals surface area (Å²) >= 11 is 4.08. The number of rotatable bonds is 3. The van der Waals surface area contributed by atoms with E-state index in [1.165, 1.54) is 49.7 Å². The number of fused-ring (bicyclic) bond motifs is 1. The topological polar surface area (TPSA) is 20.3 Å². The van der Waals surface area contributed by atoms with Crippen molar-refractivity contribution in [3.05, 3.63) is 35.4 Å². The third-order valence-corrected chi connectivity index (χ3v) is 8.53. The molecule has 3 atom stereocenters. The molecular formula is C22H28BrNO. The number of hydrogen-bond acceptors (Lipinski definition) is 1. The van der Waals surface area contributed by atoms with Gasteiger partial charge in [-0.2, -0.15) is 0 Å². The lowest BCUT2D eigenvalue weighted by molar-refractivity contribution is -0.139. The summed E-state index contributed by atoms with van der Waals surface area (Å²) in [5, 5.41) is 0. The van der Waals surface area contributed by atoms with E-state index in [4.69, 9.17) is 0 Å². The monoisotopic (exact) mass is 401 g/mol. The summed E-state index contributed by atoms with van der Waals surface area (Å²) in [6.07, 6.45) is 10.8. The highest BCUT2D eigenvalue weighted by Gasteiger charge is 2.57. The molecule has 0 spiro atoms. The molecule has 0 aliphatic heterocycles. The molecule has 134 valence electrons. The molecule has 2 nitrogen and oxygen atoms in total. The van der Waals surface area contributed by atoms with Gasteiger partial charge in [-0.25, -0.2) is 0 Å². The minimum Gasteiger partial charge on any atom is -0.339 e. The number of nitrogens with zero attached hydrogens (tertiary/aromatic N) is 1. The number of carbonyl (C=O) groups is 1. The van der Waals surface area contributed by atoms with E-state index in [0.29, 0.717) is 10.2 Å². The maximum Gasteiger partial charge on any atom is 0.223 e. The van der Waals surface area contributed by atoms with Crippen molar-refractivity contribution in [2.75, 3.05) is 7.05 Å². The fourth-order valence-corrected chi connectivity index (χ4v) is 8.61. The van der Waals surface area contributed by atoms with E-state index < -0.39 is 0 Å². The van der Waals surface area contributed by atoms with Crippen molar-refractivity contribution >= 4 is 21.8 Å². The first-order valence-electron chi connectivity index (χ1n) is 9.98. The smallest absolute Gasteiger partial charge is 0.223 e. The molecule has 3 unspecified atom stereocenters. The first-order chi connectivity index (χ1) is 12.0. The van der Waals surface area contributed by atoms with Crippen molar-refractivity contribution in [1.29, 1.82) is 0 Å². The van der Waals surface area contributed by atoms with Gasteiger partial charge in [-0.15, -0.1) is 0 Å². The van der Waals surface area contributed by atoms with Gasteiger partial charge in [-0.1, -0.05) is 40.2 Å². The van der Waals surface area contributed by atoms with E-state index in [9.17, 15) is 4.79 Å². The minimum absolute atomic E-state index is 0.275. The van der Waals surface area contributed by atoms with Gasteiger partial charge in [0.25, 0.3) is 0 Å². The standard InChI is InChI=1S/C22H28BrNO/c1-24(19-7-6-17-4-2-3-5-18(17)19)20(25)13-21-9-15-8-16(10-21)12-22(23,11-15)14-21/h2-5,15-16,19H,6-14H2,1H3. The summed E-state index contributed by atoms with van der Waals surface area (Å²) in [5.74, 6) is 2.08. The summed E-state index contributed by atoms with van der Waals surface area (Å²) in [4.78, 5) is 15.3. The van der Waals surface area contributed by atoms with Gasteiger partial charge < -0.3 is 4.90 Å². The Morgan fingerprint density at radius 2 is 1.92 bits per heavy atom. The quantitative estimate of drug-likeness (QED) is 0.632. The number of benzene rings is 1. The van der Waals surface area contributed by atoms with E-state index in [-0.39, 0.29) is 11.5 Å². The Morgan fingerprint density at radius 1 is 1.20 bits per heavy atom. The van der Waals surface area contributed by atoms with Crippen molar-refractivity contribution in [3.63, 3.8) is 0 Å². The fraction of sp³-hybridized carbons (Fsp3) is 0.682. The van der Waals surface area contributed by atoms with E-state index in [2.05, 4.69) is 45.1 Å². The van der Waals surface area contributed by atoms with Crippen molar-refractivity contribution in [2.24, 2.45) is 17.3 Å². The number of amides is 1. The molecule has 4 fully saturated rings. The second-order valence-corrected chi connectivity index (χ2v) is 11.2. The average molecular weight is 402 g/mol. The third kappa shape index (κ3) is 2.69. The Labute approximate surface area is 159 Å². The fourth-order valence-electron chi connectivity index (χ4n) is 7.10. The zero-order valence-corrected chi connectivity index (χ0v) is 16.7. The number of halogens is 1. The average Bonchev–Trinajstić information content (AvgIpc) is 2.95. The predicted molar refractivity (Wildman–Crippen MR) is 104 cm³/mol. The second kappa shape index (κ2) is 5.58. The van der Waals surface area contributed by atoms with Crippen LogP contribution in [0.25, 0.3) is 0 Å². The number of carbonyl (C=O) groups excluding carboxylic acids is 1. The van der Waals surface area contributed by atoms with E-state index in [1.807, 2.05) is 7.05 Å². The number of alkyl halides is 1. The maximum absolute atomic E-state index is 13.2. The van der Waals surface area contributed by atoms with Crippen LogP contribution in [0.4, 0.5) is 0 Å². The lowest BCUT2D eigenvalue weighted by atomic mass is 9.48. The van der Waals surface area contributed by atoms with Crippen molar-refractivity contribution in [1.82, 2.24) is 4.90 Å². The van der Waals surface area contributed by atoms with Crippen molar-refractivity contribution in [2.45, 2.75) is 68.2 Å². The SMILES string of the molecule is CN(C(=O)CC12CC3CC(CC(Br)(C3)C1)C2)C1CCc2ccccc21. The van der Waals surface area contributed by atoms with Gasteiger partial charge >= 0.3 is 0 Å². The van der Waals surface area contributed by atoms with Crippen LogP contribution in [-0.2, 0) is 11.2 Å². The van der Waals surface area contributed by atoms with Gasteiger partial charge in [-0.05, 0) is 79.7 Å². The third-order valence-electron chi connectivity index (χ3n) is 7.60. The van der Waals surface area contributed by atoms with Gasteiger partial charge in [0.1, 0.15) is 0 Å². The molecule has 5 aliphatic carbocycles. The second-order valence-electron chi connectivity index (χ2n) is 9.55. The lowest BCUT2D eigenvalue weighted by Gasteiger charge is -2.60. The molecule has 1 aromatic carbocycles. The summed E-state index contributed by atoms with van der Waals surface area (Å²) in [7, 11) is 2.04. The Hall–Kier alpha value is -0.830. The summed E-state index contributed by atoms with van der Waals surface area (Å²) in [5.41, 5.74) is 3.08. The molecule has 0 N–H and O–H groups in total. The molecule has 6 rings (SSSR count). The van der Waals surface area contributed by atoms with Crippen LogP contribution in [0, 0.1) is 17.3 Å². The summed E-state index contributed by atoms with van der Waals surface area (Å²) in [6.45, 7) is 0. The molecule has 0 saturated heterocycles. The zero-order valence-electron chi connectivity index (χ0n) is 15.1. The van der Waals surface area contributed by atoms with Crippen molar-refractivity contribution in [3.8, 4) is 0 Å². The highest BCUT2D eigenvalue weighted by molar-refractivity contribution is 9.10. The molecular weight excluding hydrogens is 374 g/mol. The predicted octanol–water partition coefficient (Wildman–Crippen LogP) is 5.26. The molecule has 1 amide bonds. The van der Waals surface area contributed by atoms with Gasteiger partial charge in [0.2, 0.25) is 5.91 Å². The van der Waals surface area contributed by atoms with Gasteiger partial charge in [0, 0.05) is 17.8 Å². The van der Waals surface area contributed by atoms with Crippen LogP contribution in [0.3, 0.4) is 0 Å². The molecule has 4 saturated carbocycles. The van der Waals surface area contributed by atoms with Crippen LogP contribution in [0.5, 0.6) is 0 Å². The zero-order chi connectivity index (χ0) is 17.2. The molecule has 25 heavy (non-hydrogen) atoms. The van der Waals surface area contributed by atoms with Crippen LogP contribution >= 0.6 is 15.9 Å². The first kappa shape index (κ1) is 16.4. The molecule has 0 aromatic heterocycles. The molecule has 3 heteroatoms.